The van der Waals surface area contributed by atoms with Crippen LogP contribution in [-0.4, -0.2) is 67.0 Å². The average Bonchev–Trinajstić information content (AvgIpc) is 3.10. The van der Waals surface area contributed by atoms with Crippen molar-refractivity contribution in [1.29, 1.82) is 0 Å². The van der Waals surface area contributed by atoms with Crippen LogP contribution in [0.1, 0.15) is 31.2 Å². The fraction of sp³-hybridized carbons (Fsp3) is 0.667. The highest BCUT2D eigenvalue weighted by Gasteiger charge is 2.46. The summed E-state index contributed by atoms with van der Waals surface area (Å²) in [6.07, 6.45) is 0.0820. The van der Waals surface area contributed by atoms with E-state index in [1.54, 1.807) is 0 Å². The van der Waals surface area contributed by atoms with Crippen molar-refractivity contribution in [3.63, 3.8) is 0 Å². The quantitative estimate of drug-likeness (QED) is 0.746. The van der Waals surface area contributed by atoms with Crippen molar-refractivity contribution < 1.29 is 42.0 Å². The summed E-state index contributed by atoms with van der Waals surface area (Å²) >= 11 is 0. The predicted molar refractivity (Wildman–Crippen MR) is 102 cm³/mol. The van der Waals surface area contributed by atoms with Crippen LogP contribution in [-0.2, 0) is 20.8 Å². The van der Waals surface area contributed by atoms with E-state index in [1.165, 1.54) is 18.4 Å². The van der Waals surface area contributed by atoms with E-state index in [0.717, 1.165) is 63.1 Å². The molecule has 1 aromatic rings. The molecule has 3 aliphatic heterocycles. The van der Waals surface area contributed by atoms with Gasteiger partial charge in [0.15, 0.2) is 11.5 Å². The van der Waals surface area contributed by atoms with Gasteiger partial charge in [0, 0.05) is 32.7 Å². The van der Waals surface area contributed by atoms with E-state index in [2.05, 4.69) is 17.0 Å². The van der Waals surface area contributed by atoms with E-state index in [0.29, 0.717) is 12.9 Å². The molecule has 2 atom stereocenters. The monoisotopic (exact) mass is 445 g/mol. The normalized spacial score (nSPS) is 27.4. The second kappa shape index (κ2) is 8.84. The van der Waals surface area contributed by atoms with Crippen LogP contribution in [0.15, 0.2) is 18.2 Å². The molecule has 0 aromatic heterocycles. The molecular formula is C21H26F3NO6. The molecule has 1 aliphatic carbocycles. The number of carboxylic acid groups (broad SMARTS) is 1. The third kappa shape index (κ3) is 5.81. The lowest BCUT2D eigenvalue weighted by molar-refractivity contribution is -0.192. The minimum absolute atomic E-state index is 0.0184. The van der Waals surface area contributed by atoms with Gasteiger partial charge in [-0.1, -0.05) is 6.07 Å². The Labute approximate surface area is 178 Å². The van der Waals surface area contributed by atoms with Gasteiger partial charge in [-0.25, -0.2) is 4.79 Å². The minimum Gasteiger partial charge on any atom is -0.475 e. The standard InChI is InChI=1S/C19H25NO4.C2HF3O2/c1-2-14(1)10-21-16-8-19(24-11-16)5-6-20(12-19)9-15-3-4-17-18(7-15)23-13-22-17;3-2(4,5)1(6)7/h3-4,7,14,16H,1-2,5-6,8-13H2;(H,6,7)/t16-,19-;/m0./s1. The molecule has 2 saturated heterocycles. The number of likely N-dealkylation sites (tertiary alicyclic amines) is 1. The van der Waals surface area contributed by atoms with Crippen LogP contribution < -0.4 is 9.47 Å². The number of alkyl halides is 3. The number of fused-ring (bicyclic) bond motifs is 1. The van der Waals surface area contributed by atoms with E-state index in [4.69, 9.17) is 28.8 Å². The lowest BCUT2D eigenvalue weighted by Crippen LogP contribution is -2.33. The summed E-state index contributed by atoms with van der Waals surface area (Å²) in [5, 5.41) is 7.12. The second-order valence-electron chi connectivity index (χ2n) is 8.55. The van der Waals surface area contributed by atoms with Crippen LogP contribution in [0.25, 0.3) is 0 Å². The molecule has 10 heteroatoms. The van der Waals surface area contributed by atoms with Crippen molar-refractivity contribution in [1.82, 2.24) is 4.90 Å². The number of nitrogens with zero attached hydrogens (tertiary/aromatic N) is 1. The minimum atomic E-state index is -5.08. The first-order valence-corrected chi connectivity index (χ1v) is 10.4. The van der Waals surface area contributed by atoms with Gasteiger partial charge in [-0.15, -0.1) is 0 Å². The molecule has 3 fully saturated rings. The van der Waals surface area contributed by atoms with Crippen LogP contribution in [0.4, 0.5) is 13.2 Å². The van der Waals surface area contributed by atoms with E-state index < -0.39 is 12.1 Å². The summed E-state index contributed by atoms with van der Waals surface area (Å²) in [4.78, 5) is 11.4. The molecule has 0 unspecified atom stereocenters. The molecule has 31 heavy (non-hydrogen) atoms. The topological polar surface area (TPSA) is 77.5 Å². The zero-order valence-corrected chi connectivity index (χ0v) is 17.0. The Bertz CT molecular complexity index is 800. The summed E-state index contributed by atoms with van der Waals surface area (Å²) in [6, 6.07) is 6.25. The molecular weight excluding hydrogens is 419 g/mol. The van der Waals surface area contributed by atoms with E-state index >= 15 is 0 Å². The van der Waals surface area contributed by atoms with Crippen molar-refractivity contribution in [2.45, 2.75) is 50.1 Å². The van der Waals surface area contributed by atoms with Crippen molar-refractivity contribution in [2.24, 2.45) is 5.92 Å². The first kappa shape index (κ1) is 22.2. The van der Waals surface area contributed by atoms with Crippen LogP contribution in [0.2, 0.25) is 0 Å². The van der Waals surface area contributed by atoms with Crippen LogP contribution >= 0.6 is 0 Å². The van der Waals surface area contributed by atoms with Gasteiger partial charge in [0.1, 0.15) is 0 Å². The molecule has 1 saturated carbocycles. The van der Waals surface area contributed by atoms with E-state index in [9.17, 15) is 13.2 Å². The van der Waals surface area contributed by atoms with Gasteiger partial charge in [0.25, 0.3) is 0 Å². The summed E-state index contributed by atoms with van der Waals surface area (Å²) in [6.45, 7) is 5.07. The molecule has 3 heterocycles. The molecule has 1 aromatic carbocycles. The molecule has 4 aliphatic rings. The van der Waals surface area contributed by atoms with Crippen LogP contribution in [0, 0.1) is 5.92 Å². The lowest BCUT2D eigenvalue weighted by atomic mass is 9.98. The van der Waals surface area contributed by atoms with Crippen molar-refractivity contribution >= 4 is 5.97 Å². The second-order valence-corrected chi connectivity index (χ2v) is 8.55. The number of benzene rings is 1. The van der Waals surface area contributed by atoms with Crippen molar-refractivity contribution in [2.75, 3.05) is 33.1 Å². The van der Waals surface area contributed by atoms with E-state index in [-0.39, 0.29) is 5.60 Å². The fourth-order valence-electron chi connectivity index (χ4n) is 4.11. The highest BCUT2D eigenvalue weighted by Crippen LogP contribution is 2.39. The predicted octanol–water partition coefficient (Wildman–Crippen LogP) is 3.21. The Kier molecular flexibility index (Phi) is 6.32. The van der Waals surface area contributed by atoms with Gasteiger partial charge in [0.05, 0.1) is 18.3 Å². The molecule has 1 spiro atoms. The maximum absolute atomic E-state index is 10.6. The fourth-order valence-corrected chi connectivity index (χ4v) is 4.11. The zero-order valence-electron chi connectivity index (χ0n) is 17.0. The van der Waals surface area contributed by atoms with Gasteiger partial charge in [-0.3, -0.25) is 4.90 Å². The van der Waals surface area contributed by atoms with Crippen molar-refractivity contribution in [3.05, 3.63) is 23.8 Å². The highest BCUT2D eigenvalue weighted by atomic mass is 19.4. The Morgan fingerprint density at radius 1 is 1.26 bits per heavy atom. The summed E-state index contributed by atoms with van der Waals surface area (Å²) in [5.74, 6) is -0.210. The maximum atomic E-state index is 10.6. The van der Waals surface area contributed by atoms with Gasteiger partial charge < -0.3 is 24.1 Å². The highest BCUT2D eigenvalue weighted by molar-refractivity contribution is 5.73. The number of hydrogen-bond donors (Lipinski definition) is 1. The molecule has 172 valence electrons. The number of ether oxygens (including phenoxy) is 4. The molecule has 5 rings (SSSR count). The molecule has 0 radical (unpaired) electrons. The Morgan fingerprint density at radius 3 is 2.71 bits per heavy atom. The zero-order chi connectivity index (χ0) is 22.1. The number of aliphatic carboxylic acids is 1. The number of carboxylic acids is 1. The SMILES string of the molecule is O=C(O)C(F)(F)F.c1cc2c(cc1CN1CC[C@]3(C[C@H](OCC4CC4)CO3)C1)OCO2. The molecule has 0 bridgehead atoms. The Balaban J connectivity index is 0.000000289. The number of carbonyl (C=O) groups is 1. The average molecular weight is 445 g/mol. The van der Waals surface area contributed by atoms with Gasteiger partial charge in [-0.2, -0.15) is 13.2 Å². The summed E-state index contributed by atoms with van der Waals surface area (Å²) in [7, 11) is 0. The first-order chi connectivity index (χ1) is 14.7. The number of rotatable bonds is 5. The van der Waals surface area contributed by atoms with Gasteiger partial charge in [-0.05, 0) is 42.9 Å². The molecule has 0 amide bonds. The van der Waals surface area contributed by atoms with Crippen LogP contribution in [0.5, 0.6) is 11.5 Å². The number of halogens is 3. The third-order valence-electron chi connectivity index (χ3n) is 5.92. The molecule has 1 N–H and O–H groups in total. The van der Waals surface area contributed by atoms with Crippen LogP contribution in [0.3, 0.4) is 0 Å². The first-order valence-electron chi connectivity index (χ1n) is 10.4. The van der Waals surface area contributed by atoms with Gasteiger partial charge >= 0.3 is 12.1 Å². The van der Waals surface area contributed by atoms with Gasteiger partial charge in [0.2, 0.25) is 6.79 Å². The van der Waals surface area contributed by atoms with E-state index in [1.807, 2.05) is 6.07 Å². The third-order valence-corrected chi connectivity index (χ3v) is 5.92. The Hall–Kier alpha value is -2.04. The Morgan fingerprint density at radius 2 is 2.00 bits per heavy atom. The van der Waals surface area contributed by atoms with Crippen molar-refractivity contribution in [3.8, 4) is 11.5 Å². The lowest BCUT2D eigenvalue weighted by Gasteiger charge is -2.23. The summed E-state index contributed by atoms with van der Waals surface area (Å²) < 4.78 is 54.8. The number of hydrogen-bond acceptors (Lipinski definition) is 6. The molecule has 7 nitrogen and oxygen atoms in total. The maximum Gasteiger partial charge on any atom is 0.490 e. The summed E-state index contributed by atoms with van der Waals surface area (Å²) in [5.41, 5.74) is 1.29. The smallest absolute Gasteiger partial charge is 0.475 e. The largest absolute Gasteiger partial charge is 0.490 e.